The van der Waals surface area contributed by atoms with Crippen molar-refractivity contribution in [3.63, 3.8) is 0 Å². The van der Waals surface area contributed by atoms with Crippen LogP contribution in [0.3, 0.4) is 0 Å². The number of hydrogen-bond donors (Lipinski definition) is 2. The molecule has 0 saturated heterocycles. The van der Waals surface area contributed by atoms with Crippen LogP contribution in [0.2, 0.25) is 0 Å². The highest BCUT2D eigenvalue weighted by Crippen LogP contribution is 2.31. The summed E-state index contributed by atoms with van der Waals surface area (Å²) in [6.07, 6.45) is 0.338. The van der Waals surface area contributed by atoms with E-state index in [9.17, 15) is 23.1 Å². The fourth-order valence-corrected chi connectivity index (χ4v) is 3.18. The summed E-state index contributed by atoms with van der Waals surface area (Å²) < 4.78 is 45.7. The summed E-state index contributed by atoms with van der Waals surface area (Å²) in [6, 6.07) is 7.49. The molecule has 3 aromatic heterocycles. The van der Waals surface area contributed by atoms with Gasteiger partial charge in [0.1, 0.15) is 5.75 Å². The zero-order valence-electron chi connectivity index (χ0n) is 17.8. The highest BCUT2D eigenvalue weighted by molar-refractivity contribution is 5.89. The zero-order valence-corrected chi connectivity index (χ0v) is 17.8. The van der Waals surface area contributed by atoms with Crippen LogP contribution in [0.25, 0.3) is 16.9 Å². The summed E-state index contributed by atoms with van der Waals surface area (Å²) in [7, 11) is 1.52. The summed E-state index contributed by atoms with van der Waals surface area (Å²) in [5.74, 6) is -0.533. The molecular formula is C22H17F3N6O3. The Kier molecular flexibility index (Phi) is 5.88. The van der Waals surface area contributed by atoms with Crippen molar-refractivity contribution in [1.82, 2.24) is 24.7 Å². The largest absolute Gasteiger partial charge is 0.497 e. The number of methoxy groups -OCH3 is 1. The van der Waals surface area contributed by atoms with Crippen molar-refractivity contribution in [1.29, 1.82) is 0 Å². The number of carbonyl (C=O) groups is 1. The summed E-state index contributed by atoms with van der Waals surface area (Å²) in [5.41, 5.74) is 0.822. The van der Waals surface area contributed by atoms with E-state index in [1.807, 2.05) is 19.1 Å². The van der Waals surface area contributed by atoms with Gasteiger partial charge in [-0.3, -0.25) is 4.98 Å². The van der Waals surface area contributed by atoms with Crippen molar-refractivity contribution in [2.45, 2.75) is 13.1 Å². The van der Waals surface area contributed by atoms with Gasteiger partial charge in [-0.15, -0.1) is 0 Å². The van der Waals surface area contributed by atoms with Crippen molar-refractivity contribution in [3.05, 3.63) is 71.9 Å². The number of nitrogens with zero attached hydrogens (tertiary/aromatic N) is 5. The van der Waals surface area contributed by atoms with Gasteiger partial charge in [0.2, 0.25) is 5.95 Å². The van der Waals surface area contributed by atoms with Crippen molar-refractivity contribution in [2.24, 2.45) is 0 Å². The summed E-state index contributed by atoms with van der Waals surface area (Å²) in [4.78, 5) is 23.9. The van der Waals surface area contributed by atoms with Crippen molar-refractivity contribution < 1.29 is 27.8 Å². The first-order chi connectivity index (χ1) is 16.1. The zero-order chi connectivity index (χ0) is 24.5. The molecule has 0 spiro atoms. The minimum Gasteiger partial charge on any atom is -0.497 e. The fraction of sp³-hybridized carbons (Fsp3) is 0.136. The van der Waals surface area contributed by atoms with E-state index in [1.165, 1.54) is 25.6 Å². The van der Waals surface area contributed by atoms with E-state index in [-0.39, 0.29) is 22.9 Å². The first-order valence-electron chi connectivity index (χ1n) is 9.76. The molecule has 0 aliphatic carbocycles. The standard InChI is InChI=1S/C22H17F3N6O3/c1-12-5-15(8-16(6-12)34-2)28-21-27-11-17(13-7-14(20(32)33)10-26-9-13)19(29-21)31-4-3-18(30-31)22(23,24)25/h3-11H,1-2H3,(H,32,33)(H,27,28,29). The predicted octanol–water partition coefficient (Wildman–Crippen LogP) is 4.50. The van der Waals surface area contributed by atoms with E-state index in [2.05, 4.69) is 25.4 Å². The second kappa shape index (κ2) is 8.81. The number of halogens is 3. The Bertz CT molecular complexity index is 1370. The van der Waals surface area contributed by atoms with Crippen molar-refractivity contribution in [3.8, 4) is 22.7 Å². The lowest BCUT2D eigenvalue weighted by Crippen LogP contribution is -2.10. The van der Waals surface area contributed by atoms with Crippen LogP contribution in [-0.4, -0.2) is 42.9 Å². The number of carboxylic acid groups (broad SMARTS) is 1. The predicted molar refractivity (Wildman–Crippen MR) is 115 cm³/mol. The maximum absolute atomic E-state index is 13.2. The molecule has 1 aromatic carbocycles. The number of nitrogens with one attached hydrogen (secondary N) is 1. The second-order valence-electron chi connectivity index (χ2n) is 7.21. The molecule has 0 fully saturated rings. The number of alkyl halides is 3. The van der Waals surface area contributed by atoms with Crippen LogP contribution in [0.1, 0.15) is 21.6 Å². The third kappa shape index (κ3) is 4.80. The van der Waals surface area contributed by atoms with Gasteiger partial charge in [0.15, 0.2) is 11.5 Å². The minimum atomic E-state index is -4.65. The normalized spacial score (nSPS) is 11.3. The summed E-state index contributed by atoms with van der Waals surface area (Å²) >= 11 is 0. The van der Waals surface area contributed by atoms with Crippen LogP contribution in [0.5, 0.6) is 5.75 Å². The molecule has 4 rings (SSSR count). The first kappa shape index (κ1) is 22.7. The Morgan fingerprint density at radius 3 is 2.62 bits per heavy atom. The Morgan fingerprint density at radius 1 is 1.15 bits per heavy atom. The molecule has 174 valence electrons. The summed E-state index contributed by atoms with van der Waals surface area (Å²) in [6.45, 7) is 1.87. The third-order valence-corrected chi connectivity index (χ3v) is 4.70. The van der Waals surface area contributed by atoms with Gasteiger partial charge in [-0.2, -0.15) is 23.3 Å². The number of rotatable bonds is 6. The third-order valence-electron chi connectivity index (χ3n) is 4.70. The van der Waals surface area contributed by atoms with E-state index in [4.69, 9.17) is 4.74 Å². The number of anilines is 2. The van der Waals surface area contributed by atoms with Gasteiger partial charge in [-0.1, -0.05) is 0 Å². The Morgan fingerprint density at radius 2 is 1.94 bits per heavy atom. The number of benzene rings is 1. The van der Waals surface area contributed by atoms with E-state index >= 15 is 0 Å². The van der Waals surface area contributed by atoms with Gasteiger partial charge in [-0.25, -0.2) is 14.5 Å². The van der Waals surface area contributed by atoms with Gasteiger partial charge >= 0.3 is 12.1 Å². The van der Waals surface area contributed by atoms with Crippen molar-refractivity contribution in [2.75, 3.05) is 12.4 Å². The van der Waals surface area contributed by atoms with Crippen LogP contribution in [-0.2, 0) is 6.18 Å². The second-order valence-corrected chi connectivity index (χ2v) is 7.21. The topological polar surface area (TPSA) is 115 Å². The molecule has 0 radical (unpaired) electrons. The van der Waals surface area contributed by atoms with Gasteiger partial charge in [0, 0.05) is 47.7 Å². The molecule has 0 bridgehead atoms. The summed E-state index contributed by atoms with van der Waals surface area (Å²) in [5, 5.41) is 15.9. The number of aryl methyl sites for hydroxylation is 1. The van der Waals surface area contributed by atoms with Crippen LogP contribution < -0.4 is 10.1 Å². The number of aromatic nitrogens is 5. The van der Waals surface area contributed by atoms with Gasteiger partial charge in [0.05, 0.1) is 12.7 Å². The lowest BCUT2D eigenvalue weighted by atomic mass is 10.1. The molecule has 3 heterocycles. The SMILES string of the molecule is COc1cc(C)cc(Nc2ncc(-c3cncc(C(=O)O)c3)c(-n3ccc(C(F)(F)F)n3)n2)c1. The van der Waals surface area contributed by atoms with E-state index in [0.29, 0.717) is 17.0 Å². The smallest absolute Gasteiger partial charge is 0.435 e. The molecule has 0 aliphatic rings. The monoisotopic (exact) mass is 470 g/mol. The molecule has 2 N–H and O–H groups in total. The van der Waals surface area contributed by atoms with Gasteiger partial charge < -0.3 is 15.2 Å². The van der Waals surface area contributed by atoms with Crippen LogP contribution >= 0.6 is 0 Å². The molecule has 0 amide bonds. The Hall–Kier alpha value is -4.48. The maximum atomic E-state index is 13.2. The van der Waals surface area contributed by atoms with E-state index in [1.54, 1.807) is 6.07 Å². The molecule has 4 aromatic rings. The van der Waals surface area contributed by atoms with Crippen LogP contribution in [0.4, 0.5) is 24.8 Å². The van der Waals surface area contributed by atoms with Crippen LogP contribution in [0.15, 0.2) is 55.1 Å². The molecule has 0 atom stereocenters. The number of hydrogen-bond acceptors (Lipinski definition) is 7. The highest BCUT2D eigenvalue weighted by Gasteiger charge is 2.34. The fourth-order valence-electron chi connectivity index (χ4n) is 3.18. The Balaban J connectivity index is 1.82. The van der Waals surface area contributed by atoms with E-state index in [0.717, 1.165) is 28.7 Å². The molecule has 12 heteroatoms. The van der Waals surface area contributed by atoms with Gasteiger partial charge in [-0.05, 0) is 36.8 Å². The minimum absolute atomic E-state index is 0.00282. The molecule has 0 aliphatic heterocycles. The molecule has 9 nitrogen and oxygen atoms in total. The number of pyridine rings is 1. The number of ether oxygens (including phenoxy) is 1. The lowest BCUT2D eigenvalue weighted by molar-refractivity contribution is -0.141. The lowest BCUT2D eigenvalue weighted by Gasteiger charge is -2.13. The molecular weight excluding hydrogens is 453 g/mol. The van der Waals surface area contributed by atoms with E-state index < -0.39 is 17.8 Å². The quantitative estimate of drug-likeness (QED) is 0.423. The maximum Gasteiger partial charge on any atom is 0.435 e. The Labute approximate surface area is 190 Å². The molecule has 34 heavy (non-hydrogen) atoms. The van der Waals surface area contributed by atoms with Crippen LogP contribution in [0, 0.1) is 6.92 Å². The van der Waals surface area contributed by atoms with Crippen molar-refractivity contribution >= 4 is 17.6 Å². The molecule has 0 unspecified atom stereocenters. The highest BCUT2D eigenvalue weighted by atomic mass is 19.4. The number of carboxylic acids is 1. The molecule has 0 saturated carbocycles. The average Bonchev–Trinajstić information content (AvgIpc) is 3.29. The first-order valence-corrected chi connectivity index (χ1v) is 9.76. The van der Waals surface area contributed by atoms with Gasteiger partial charge in [0.25, 0.3) is 0 Å². The average molecular weight is 470 g/mol. The number of aromatic carboxylic acids is 1.